The maximum Gasteiger partial charge on any atom is 0.407 e. The number of sulfonamides is 1. The van der Waals surface area contributed by atoms with E-state index in [9.17, 15) is 27.5 Å². The van der Waals surface area contributed by atoms with E-state index in [0.29, 0.717) is 25.1 Å². The van der Waals surface area contributed by atoms with Crippen molar-refractivity contribution in [3.05, 3.63) is 76.0 Å². The average Bonchev–Trinajstić information content (AvgIpc) is 3.26. The largest absolute Gasteiger partial charge is 0.465 e. The fourth-order valence-corrected chi connectivity index (χ4v) is 6.63. The number of carbonyl (C=O) groups is 2. The van der Waals surface area contributed by atoms with Gasteiger partial charge in [-0.1, -0.05) is 26.8 Å². The second-order valence-electron chi connectivity index (χ2n) is 12.9. The maximum atomic E-state index is 14.7. The highest BCUT2D eigenvalue weighted by atomic mass is 79.9. The van der Waals surface area contributed by atoms with Crippen LogP contribution in [0.2, 0.25) is 0 Å². The van der Waals surface area contributed by atoms with Crippen molar-refractivity contribution in [2.24, 2.45) is 5.92 Å². The van der Waals surface area contributed by atoms with Crippen molar-refractivity contribution >= 4 is 43.8 Å². The van der Waals surface area contributed by atoms with Gasteiger partial charge in [-0.25, -0.2) is 19.5 Å². The zero-order valence-electron chi connectivity index (χ0n) is 25.8. The van der Waals surface area contributed by atoms with Gasteiger partial charge in [0.05, 0.1) is 5.56 Å². The summed E-state index contributed by atoms with van der Waals surface area (Å²) in [4.78, 5) is 38.5. The number of nitrogens with zero attached hydrogens (tertiary/aromatic N) is 4. The monoisotopic (exact) mass is 704 g/mol. The molecule has 0 aromatic carbocycles. The first-order valence-corrected chi connectivity index (χ1v) is 16.8. The number of aromatic nitrogens is 3. The van der Waals surface area contributed by atoms with Gasteiger partial charge in [0.2, 0.25) is 5.95 Å². The Morgan fingerprint density at radius 2 is 1.89 bits per heavy atom. The van der Waals surface area contributed by atoms with Gasteiger partial charge in [-0.3, -0.25) is 9.78 Å². The third kappa shape index (κ3) is 8.75. The first-order chi connectivity index (χ1) is 20.9. The molecular weight excluding hydrogens is 667 g/mol. The van der Waals surface area contributed by atoms with Crippen LogP contribution in [0.1, 0.15) is 75.6 Å². The van der Waals surface area contributed by atoms with Crippen molar-refractivity contribution in [3.8, 4) is 0 Å². The van der Waals surface area contributed by atoms with Gasteiger partial charge in [0.25, 0.3) is 15.9 Å². The highest BCUT2D eigenvalue weighted by Gasteiger charge is 2.41. The standard InChI is InChI=1S/C31H38BrFN6O5S/c1-30(2,3)24-14-13-23(27(33)36-24)28(40)38-45(43,44)26-8-6-7-25(37-26)35-22(15-21-12-10-20(32)17-34-21)11-9-19-16-31(4,5)39(18-19)29(41)42/h6-8,10,12-14,17,19,22H,9,11,15-16,18H2,1-5H3,(H,35,37)(H,38,40)(H,41,42)/t19-,22?/m0/s1. The van der Waals surface area contributed by atoms with Crippen LogP contribution in [-0.2, 0) is 21.9 Å². The summed E-state index contributed by atoms with van der Waals surface area (Å²) in [5.41, 5.74) is -0.201. The lowest BCUT2D eigenvalue weighted by atomic mass is 9.91. The molecule has 14 heteroatoms. The van der Waals surface area contributed by atoms with E-state index in [1.165, 1.54) is 29.2 Å². The number of pyridine rings is 3. The Labute approximate surface area is 271 Å². The van der Waals surface area contributed by atoms with E-state index in [4.69, 9.17) is 0 Å². The van der Waals surface area contributed by atoms with E-state index < -0.39 is 49.5 Å². The summed E-state index contributed by atoms with van der Waals surface area (Å²) in [5, 5.41) is 12.5. The zero-order chi connectivity index (χ0) is 33.2. The fourth-order valence-electron chi connectivity index (χ4n) is 5.46. The van der Waals surface area contributed by atoms with E-state index >= 15 is 0 Å². The molecule has 0 aliphatic carbocycles. The molecule has 1 fully saturated rings. The van der Waals surface area contributed by atoms with Gasteiger partial charge >= 0.3 is 6.09 Å². The van der Waals surface area contributed by atoms with Crippen molar-refractivity contribution in [3.63, 3.8) is 0 Å². The van der Waals surface area contributed by atoms with Crippen LogP contribution in [0.5, 0.6) is 0 Å². The predicted molar refractivity (Wildman–Crippen MR) is 171 cm³/mol. The van der Waals surface area contributed by atoms with Gasteiger partial charge < -0.3 is 15.3 Å². The SMILES string of the molecule is CC(C)(C)c1ccc(C(=O)NS(=O)(=O)c2cccc(NC(CC[C@@H]3CN(C(=O)O)C(C)(C)C3)Cc3ccc(Br)cn3)n2)c(F)n1. The summed E-state index contributed by atoms with van der Waals surface area (Å²) in [7, 11) is -4.46. The summed E-state index contributed by atoms with van der Waals surface area (Å²) in [6.07, 6.45) is 3.34. The van der Waals surface area contributed by atoms with E-state index in [1.807, 2.05) is 51.5 Å². The van der Waals surface area contributed by atoms with Crippen LogP contribution in [0.25, 0.3) is 0 Å². The minimum Gasteiger partial charge on any atom is -0.465 e. The summed E-state index contributed by atoms with van der Waals surface area (Å²) >= 11 is 3.39. The van der Waals surface area contributed by atoms with Crippen molar-refractivity contribution in [2.75, 3.05) is 11.9 Å². The van der Waals surface area contributed by atoms with Gasteiger partial charge in [0.1, 0.15) is 5.82 Å². The molecule has 0 saturated carbocycles. The number of carbonyl (C=O) groups excluding carboxylic acids is 1. The molecule has 2 atom stereocenters. The number of likely N-dealkylation sites (tertiary alicyclic amines) is 1. The molecule has 2 amide bonds. The Morgan fingerprint density at radius 3 is 2.49 bits per heavy atom. The summed E-state index contributed by atoms with van der Waals surface area (Å²) in [6, 6.07) is 10.6. The lowest BCUT2D eigenvalue weighted by Gasteiger charge is -2.28. The minimum atomic E-state index is -4.46. The van der Waals surface area contributed by atoms with Gasteiger partial charge in [-0.05, 0) is 91.4 Å². The number of anilines is 1. The molecule has 0 bridgehead atoms. The minimum absolute atomic E-state index is 0.153. The third-order valence-corrected chi connectivity index (χ3v) is 9.50. The Morgan fingerprint density at radius 1 is 1.16 bits per heavy atom. The van der Waals surface area contributed by atoms with Gasteiger partial charge in [-0.15, -0.1) is 0 Å². The van der Waals surface area contributed by atoms with E-state index in [1.54, 1.807) is 12.3 Å². The van der Waals surface area contributed by atoms with Crippen LogP contribution in [-0.4, -0.2) is 63.5 Å². The van der Waals surface area contributed by atoms with Crippen molar-refractivity contribution in [1.29, 1.82) is 0 Å². The number of halogens is 2. The highest BCUT2D eigenvalue weighted by molar-refractivity contribution is 9.10. The molecule has 0 radical (unpaired) electrons. The van der Waals surface area contributed by atoms with Crippen molar-refractivity contribution in [2.45, 2.75) is 82.3 Å². The molecule has 1 unspecified atom stereocenters. The molecule has 3 aromatic rings. The molecule has 3 aromatic heterocycles. The zero-order valence-corrected chi connectivity index (χ0v) is 28.2. The lowest BCUT2D eigenvalue weighted by Crippen LogP contribution is -2.41. The molecule has 0 spiro atoms. The molecule has 1 aliphatic rings. The molecule has 1 saturated heterocycles. The lowest BCUT2D eigenvalue weighted by molar-refractivity contribution is 0.0975. The molecule has 1 aliphatic heterocycles. The molecule has 45 heavy (non-hydrogen) atoms. The predicted octanol–water partition coefficient (Wildman–Crippen LogP) is 5.77. The highest BCUT2D eigenvalue weighted by Crippen LogP contribution is 2.35. The molecular formula is C31H38BrFN6O5S. The van der Waals surface area contributed by atoms with E-state index in [-0.39, 0.29) is 17.8 Å². The number of rotatable bonds is 10. The molecule has 3 N–H and O–H groups in total. The third-order valence-electron chi connectivity index (χ3n) is 7.80. The summed E-state index contributed by atoms with van der Waals surface area (Å²) < 4.78 is 43.7. The number of amides is 2. The quantitative estimate of drug-likeness (QED) is 0.223. The molecule has 4 heterocycles. The second kappa shape index (κ2) is 13.4. The Hall–Kier alpha value is -3.65. The normalized spacial score (nSPS) is 17.1. The van der Waals surface area contributed by atoms with Crippen LogP contribution in [0.4, 0.5) is 15.0 Å². The number of hydrogen-bond acceptors (Lipinski definition) is 8. The van der Waals surface area contributed by atoms with Gasteiger partial charge in [-0.2, -0.15) is 12.8 Å². The average molecular weight is 706 g/mol. The Balaban J connectivity index is 1.50. The number of hydrogen-bond donors (Lipinski definition) is 3. The molecule has 242 valence electrons. The smallest absolute Gasteiger partial charge is 0.407 e. The number of nitrogens with one attached hydrogen (secondary N) is 2. The first kappa shape index (κ1) is 34.2. The molecule has 4 rings (SSSR count). The van der Waals surface area contributed by atoms with Crippen LogP contribution < -0.4 is 10.0 Å². The van der Waals surface area contributed by atoms with E-state index in [0.717, 1.165) is 23.0 Å². The van der Waals surface area contributed by atoms with E-state index in [2.05, 4.69) is 36.2 Å². The van der Waals surface area contributed by atoms with Gasteiger partial charge in [0.15, 0.2) is 5.03 Å². The summed E-state index contributed by atoms with van der Waals surface area (Å²) in [6.45, 7) is 9.80. The topological polar surface area (TPSA) is 154 Å². The van der Waals surface area contributed by atoms with Crippen molar-refractivity contribution in [1.82, 2.24) is 24.6 Å². The van der Waals surface area contributed by atoms with Crippen LogP contribution in [0.15, 0.2) is 58.2 Å². The second-order valence-corrected chi connectivity index (χ2v) is 15.5. The summed E-state index contributed by atoms with van der Waals surface area (Å²) in [5.74, 6) is -1.82. The number of carboxylic acid groups (broad SMARTS) is 1. The van der Waals surface area contributed by atoms with Crippen LogP contribution in [0.3, 0.4) is 0 Å². The maximum absolute atomic E-state index is 14.7. The fraction of sp³-hybridized carbons (Fsp3) is 0.452. The van der Waals surface area contributed by atoms with Crippen molar-refractivity contribution < 1.29 is 27.5 Å². The van der Waals surface area contributed by atoms with Gasteiger partial charge in [0, 0.05) is 52.0 Å². The van der Waals surface area contributed by atoms with Crippen LogP contribution in [0, 0.1) is 11.9 Å². The first-order valence-electron chi connectivity index (χ1n) is 14.5. The molecule has 11 nitrogen and oxygen atoms in total. The van der Waals surface area contributed by atoms with Crippen LogP contribution >= 0.6 is 15.9 Å². The Kier molecular flexibility index (Phi) is 10.2. The Bertz CT molecular complexity index is 1660.